The number of ether oxygens (including phenoxy) is 1. The normalized spacial score (nSPS) is 12.2. The van der Waals surface area contributed by atoms with Crippen molar-refractivity contribution in [2.24, 2.45) is 0 Å². The first-order chi connectivity index (χ1) is 9.60. The van der Waals surface area contributed by atoms with Gasteiger partial charge in [0.15, 0.2) is 0 Å². The molecule has 0 aliphatic rings. The van der Waals surface area contributed by atoms with Gasteiger partial charge in [0.2, 0.25) is 0 Å². The van der Waals surface area contributed by atoms with Crippen LogP contribution in [0.4, 0.5) is 8.78 Å². The predicted octanol–water partition coefficient (Wildman–Crippen LogP) is 3.64. The van der Waals surface area contributed by atoms with Crippen LogP contribution in [0.2, 0.25) is 0 Å². The number of halogens is 2. The second-order valence-electron chi connectivity index (χ2n) is 4.47. The van der Waals surface area contributed by atoms with Crippen molar-refractivity contribution in [3.8, 4) is 5.75 Å². The molecule has 1 N–H and O–H groups in total. The molecule has 20 heavy (non-hydrogen) atoms. The van der Waals surface area contributed by atoms with Gasteiger partial charge in [-0.1, -0.05) is 18.2 Å². The smallest absolute Gasteiger partial charge is 0.126 e. The number of hydrogen-bond donors (Lipinski definition) is 1. The molecule has 0 fully saturated rings. The first-order valence-corrected chi connectivity index (χ1v) is 6.45. The van der Waals surface area contributed by atoms with Crippen LogP contribution in [0.1, 0.15) is 24.2 Å². The Morgan fingerprint density at radius 1 is 1.10 bits per heavy atom. The summed E-state index contributed by atoms with van der Waals surface area (Å²) in [5, 5.41) is 10.2. The molecule has 2 aromatic carbocycles. The Kier molecular flexibility index (Phi) is 4.69. The van der Waals surface area contributed by atoms with Gasteiger partial charge in [-0.15, -0.1) is 0 Å². The average Bonchev–Trinajstić information content (AvgIpc) is 2.38. The number of aliphatic hydroxyl groups is 1. The lowest BCUT2D eigenvalue weighted by atomic mass is 10.0. The Labute approximate surface area is 116 Å². The summed E-state index contributed by atoms with van der Waals surface area (Å²) >= 11 is 0. The van der Waals surface area contributed by atoms with E-state index in [9.17, 15) is 13.9 Å². The van der Waals surface area contributed by atoms with Crippen molar-refractivity contribution in [2.75, 3.05) is 6.61 Å². The van der Waals surface area contributed by atoms with E-state index in [0.29, 0.717) is 23.5 Å². The minimum Gasteiger partial charge on any atom is -0.493 e. The third-order valence-corrected chi connectivity index (χ3v) is 2.93. The topological polar surface area (TPSA) is 29.5 Å². The summed E-state index contributed by atoms with van der Waals surface area (Å²) in [5.41, 5.74) is 1.01. The zero-order chi connectivity index (χ0) is 14.5. The Morgan fingerprint density at radius 3 is 2.40 bits per heavy atom. The summed E-state index contributed by atoms with van der Waals surface area (Å²) in [4.78, 5) is 0. The van der Waals surface area contributed by atoms with Crippen molar-refractivity contribution in [1.82, 2.24) is 0 Å². The van der Waals surface area contributed by atoms with Gasteiger partial charge in [-0.2, -0.15) is 0 Å². The first-order valence-electron chi connectivity index (χ1n) is 6.45. The monoisotopic (exact) mass is 278 g/mol. The van der Waals surface area contributed by atoms with Gasteiger partial charge in [0.05, 0.1) is 12.7 Å². The van der Waals surface area contributed by atoms with Gasteiger partial charge in [-0.05, 0) is 30.7 Å². The lowest BCUT2D eigenvalue weighted by Crippen LogP contribution is -2.06. The average molecular weight is 278 g/mol. The fourth-order valence-corrected chi connectivity index (χ4v) is 2.10. The summed E-state index contributed by atoms with van der Waals surface area (Å²) < 4.78 is 31.7. The molecule has 1 unspecified atom stereocenters. The Morgan fingerprint density at radius 2 is 1.75 bits per heavy atom. The van der Waals surface area contributed by atoms with E-state index in [1.165, 1.54) is 12.1 Å². The predicted molar refractivity (Wildman–Crippen MR) is 72.6 cm³/mol. The zero-order valence-electron chi connectivity index (χ0n) is 11.1. The summed E-state index contributed by atoms with van der Waals surface area (Å²) in [6.45, 7) is 2.34. The summed E-state index contributed by atoms with van der Waals surface area (Å²) in [7, 11) is 0. The Balaban J connectivity index is 2.21. The molecule has 0 saturated heterocycles. The number of para-hydroxylation sites is 1. The molecule has 0 amide bonds. The Hall–Kier alpha value is -1.94. The number of hydrogen-bond acceptors (Lipinski definition) is 2. The molecule has 2 aromatic rings. The van der Waals surface area contributed by atoms with Gasteiger partial charge in [0.25, 0.3) is 0 Å². The molecule has 2 nitrogen and oxygen atoms in total. The highest BCUT2D eigenvalue weighted by Crippen LogP contribution is 2.27. The second kappa shape index (κ2) is 6.48. The fourth-order valence-electron chi connectivity index (χ4n) is 2.10. The van der Waals surface area contributed by atoms with Gasteiger partial charge < -0.3 is 9.84 Å². The quantitative estimate of drug-likeness (QED) is 0.904. The maximum Gasteiger partial charge on any atom is 0.126 e. The lowest BCUT2D eigenvalue weighted by molar-refractivity contribution is 0.172. The van der Waals surface area contributed by atoms with E-state index in [-0.39, 0.29) is 6.42 Å². The van der Waals surface area contributed by atoms with Crippen molar-refractivity contribution >= 4 is 0 Å². The SMILES string of the molecule is CCOc1ccccc1C(O)Cc1cc(F)cc(F)c1. The first kappa shape index (κ1) is 14.5. The van der Waals surface area contributed by atoms with Gasteiger partial charge >= 0.3 is 0 Å². The molecule has 4 heteroatoms. The van der Waals surface area contributed by atoms with E-state index >= 15 is 0 Å². The van der Waals surface area contributed by atoms with Crippen LogP contribution in [-0.2, 0) is 6.42 Å². The molecule has 0 radical (unpaired) electrons. The maximum absolute atomic E-state index is 13.1. The molecule has 0 aliphatic carbocycles. The van der Waals surface area contributed by atoms with Gasteiger partial charge in [-0.3, -0.25) is 0 Å². The largest absolute Gasteiger partial charge is 0.493 e. The van der Waals surface area contributed by atoms with E-state index < -0.39 is 17.7 Å². The molecule has 1 atom stereocenters. The minimum absolute atomic E-state index is 0.124. The van der Waals surface area contributed by atoms with Gasteiger partial charge in [-0.25, -0.2) is 8.78 Å². The fraction of sp³-hybridized carbons (Fsp3) is 0.250. The third kappa shape index (κ3) is 3.54. The van der Waals surface area contributed by atoms with Crippen LogP contribution in [0, 0.1) is 11.6 Å². The molecule has 0 spiro atoms. The second-order valence-corrected chi connectivity index (χ2v) is 4.47. The van der Waals surface area contributed by atoms with Crippen LogP contribution < -0.4 is 4.74 Å². The molecule has 0 heterocycles. The summed E-state index contributed by atoms with van der Waals surface area (Å²) in [6, 6.07) is 10.3. The molecular formula is C16H16F2O2. The zero-order valence-corrected chi connectivity index (χ0v) is 11.1. The van der Waals surface area contributed by atoms with E-state index in [1.54, 1.807) is 18.2 Å². The molecule has 0 aromatic heterocycles. The van der Waals surface area contributed by atoms with Crippen LogP contribution in [-0.4, -0.2) is 11.7 Å². The number of rotatable bonds is 5. The van der Waals surface area contributed by atoms with Gasteiger partial charge in [0.1, 0.15) is 17.4 Å². The standard InChI is InChI=1S/C16H16F2O2/c1-2-20-16-6-4-3-5-14(16)15(19)9-11-7-12(17)10-13(18)8-11/h3-8,10,15,19H,2,9H2,1H3. The molecule has 0 bridgehead atoms. The van der Waals surface area contributed by atoms with Crippen molar-refractivity contribution in [3.05, 3.63) is 65.2 Å². The van der Waals surface area contributed by atoms with Crippen LogP contribution in [0.25, 0.3) is 0 Å². The molecular weight excluding hydrogens is 262 g/mol. The highest BCUT2D eigenvalue weighted by Gasteiger charge is 2.14. The molecule has 106 valence electrons. The van der Waals surface area contributed by atoms with Crippen LogP contribution >= 0.6 is 0 Å². The third-order valence-electron chi connectivity index (χ3n) is 2.93. The van der Waals surface area contributed by atoms with Crippen LogP contribution in [0.5, 0.6) is 5.75 Å². The van der Waals surface area contributed by atoms with Crippen LogP contribution in [0.3, 0.4) is 0 Å². The molecule has 0 aliphatic heterocycles. The summed E-state index contributed by atoms with van der Waals surface area (Å²) in [5.74, 6) is -0.713. The lowest BCUT2D eigenvalue weighted by Gasteiger charge is -2.15. The highest BCUT2D eigenvalue weighted by atomic mass is 19.1. The number of benzene rings is 2. The van der Waals surface area contributed by atoms with E-state index in [4.69, 9.17) is 4.74 Å². The van der Waals surface area contributed by atoms with Crippen molar-refractivity contribution in [1.29, 1.82) is 0 Å². The van der Waals surface area contributed by atoms with Crippen molar-refractivity contribution < 1.29 is 18.6 Å². The molecule has 2 rings (SSSR count). The van der Waals surface area contributed by atoms with Crippen molar-refractivity contribution in [2.45, 2.75) is 19.4 Å². The van der Waals surface area contributed by atoms with Gasteiger partial charge in [0, 0.05) is 18.1 Å². The van der Waals surface area contributed by atoms with Crippen LogP contribution in [0.15, 0.2) is 42.5 Å². The highest BCUT2D eigenvalue weighted by molar-refractivity contribution is 5.36. The van der Waals surface area contributed by atoms with E-state index in [2.05, 4.69) is 0 Å². The Bertz CT molecular complexity index is 564. The maximum atomic E-state index is 13.1. The van der Waals surface area contributed by atoms with Crippen molar-refractivity contribution in [3.63, 3.8) is 0 Å². The molecule has 0 saturated carbocycles. The number of aliphatic hydroxyl groups excluding tert-OH is 1. The van der Waals surface area contributed by atoms with E-state index in [1.807, 2.05) is 13.0 Å². The summed E-state index contributed by atoms with van der Waals surface area (Å²) in [6.07, 6.45) is -0.752. The van der Waals surface area contributed by atoms with E-state index in [0.717, 1.165) is 6.07 Å². The minimum atomic E-state index is -0.876.